The first-order chi connectivity index (χ1) is 6.56. The highest BCUT2D eigenvalue weighted by Gasteiger charge is 2.24. The van der Waals surface area contributed by atoms with E-state index in [0.717, 1.165) is 25.4 Å². The van der Waals surface area contributed by atoms with E-state index in [0.29, 0.717) is 5.84 Å². The van der Waals surface area contributed by atoms with Gasteiger partial charge < -0.3 is 16.3 Å². The van der Waals surface area contributed by atoms with Crippen LogP contribution in [-0.2, 0) is 0 Å². The molecule has 0 saturated heterocycles. The van der Waals surface area contributed by atoms with Gasteiger partial charge in [0.25, 0.3) is 0 Å². The third-order valence-corrected chi connectivity index (χ3v) is 2.86. The summed E-state index contributed by atoms with van der Waals surface area (Å²) in [5, 5.41) is 15.0. The Morgan fingerprint density at radius 2 is 2.21 bits per heavy atom. The average Bonchev–Trinajstić information content (AvgIpc) is 2.94. The zero-order valence-electron chi connectivity index (χ0n) is 9.08. The van der Waals surface area contributed by atoms with E-state index >= 15 is 0 Å². The second-order valence-electron chi connectivity index (χ2n) is 4.77. The molecule has 0 spiro atoms. The Labute approximate surface area is 85.6 Å². The molecule has 0 atom stereocenters. The Hall–Kier alpha value is -0.770. The fourth-order valence-corrected chi connectivity index (χ4v) is 1.29. The molecule has 0 bridgehead atoms. The van der Waals surface area contributed by atoms with Crippen LogP contribution in [0, 0.1) is 11.3 Å². The van der Waals surface area contributed by atoms with Gasteiger partial charge >= 0.3 is 0 Å². The van der Waals surface area contributed by atoms with Crippen LogP contribution in [0.15, 0.2) is 5.16 Å². The molecule has 14 heavy (non-hydrogen) atoms. The minimum absolute atomic E-state index is 0.217. The van der Waals surface area contributed by atoms with Crippen molar-refractivity contribution < 1.29 is 5.21 Å². The molecule has 4 nitrogen and oxygen atoms in total. The number of oxime groups is 1. The Morgan fingerprint density at radius 3 is 2.71 bits per heavy atom. The normalized spacial score (nSPS) is 18.6. The average molecular weight is 199 g/mol. The maximum atomic E-state index is 8.57. The maximum Gasteiger partial charge on any atom is 0.144 e. The molecule has 0 amide bonds. The van der Waals surface area contributed by atoms with Crippen molar-refractivity contribution in [1.82, 2.24) is 5.32 Å². The standard InChI is InChI=1S/C10H21N3O/c1-10(2,9(11)13-14)5-6-12-7-8-3-4-8/h8,12,14H,3-7H2,1-2H3,(H2,11,13). The number of nitrogens with two attached hydrogens (primary N) is 1. The van der Waals surface area contributed by atoms with Crippen molar-refractivity contribution in [2.24, 2.45) is 22.2 Å². The third-order valence-electron chi connectivity index (χ3n) is 2.86. The molecule has 0 aromatic heterocycles. The fraction of sp³-hybridized carbons (Fsp3) is 0.900. The van der Waals surface area contributed by atoms with Crippen LogP contribution in [-0.4, -0.2) is 24.1 Å². The summed E-state index contributed by atoms with van der Waals surface area (Å²) in [6, 6.07) is 0. The largest absolute Gasteiger partial charge is 0.409 e. The maximum absolute atomic E-state index is 8.57. The monoisotopic (exact) mass is 199 g/mol. The van der Waals surface area contributed by atoms with E-state index in [1.165, 1.54) is 12.8 Å². The molecule has 0 heterocycles. The summed E-state index contributed by atoms with van der Waals surface area (Å²) in [6.45, 7) is 6.02. The predicted molar refractivity (Wildman–Crippen MR) is 57.4 cm³/mol. The lowest BCUT2D eigenvalue weighted by atomic mass is 9.88. The summed E-state index contributed by atoms with van der Waals surface area (Å²) < 4.78 is 0. The predicted octanol–water partition coefficient (Wildman–Crippen LogP) is 1.15. The van der Waals surface area contributed by atoms with Gasteiger partial charge in [-0.1, -0.05) is 19.0 Å². The van der Waals surface area contributed by atoms with Gasteiger partial charge in [-0.25, -0.2) is 0 Å². The molecule has 1 rings (SSSR count). The highest BCUT2D eigenvalue weighted by molar-refractivity contribution is 5.85. The molecule has 4 N–H and O–H groups in total. The van der Waals surface area contributed by atoms with Crippen LogP contribution in [0.3, 0.4) is 0 Å². The van der Waals surface area contributed by atoms with Crippen molar-refractivity contribution in [3.8, 4) is 0 Å². The number of amidine groups is 1. The van der Waals surface area contributed by atoms with Gasteiger partial charge in [0, 0.05) is 5.41 Å². The molecule has 82 valence electrons. The van der Waals surface area contributed by atoms with Crippen LogP contribution in [0.2, 0.25) is 0 Å². The van der Waals surface area contributed by atoms with Gasteiger partial charge in [0.05, 0.1) is 0 Å². The molecule has 1 fully saturated rings. The Bertz CT molecular complexity index is 209. The molecule has 4 heteroatoms. The molecule has 0 aliphatic heterocycles. The molecule has 0 radical (unpaired) electrons. The van der Waals surface area contributed by atoms with Crippen molar-refractivity contribution in [1.29, 1.82) is 0 Å². The van der Waals surface area contributed by atoms with E-state index < -0.39 is 0 Å². The number of hydrogen-bond donors (Lipinski definition) is 3. The van der Waals surface area contributed by atoms with Crippen LogP contribution in [0.4, 0.5) is 0 Å². The first kappa shape index (κ1) is 11.3. The lowest BCUT2D eigenvalue weighted by molar-refractivity contribution is 0.305. The van der Waals surface area contributed by atoms with Crippen LogP contribution in [0.5, 0.6) is 0 Å². The van der Waals surface area contributed by atoms with Gasteiger partial charge in [0.15, 0.2) is 0 Å². The third kappa shape index (κ3) is 3.54. The lowest BCUT2D eigenvalue weighted by Gasteiger charge is -2.22. The van der Waals surface area contributed by atoms with Crippen LogP contribution in [0.25, 0.3) is 0 Å². The zero-order chi connectivity index (χ0) is 10.6. The summed E-state index contributed by atoms with van der Waals surface area (Å²) in [6.07, 6.45) is 3.64. The van der Waals surface area contributed by atoms with Crippen LogP contribution >= 0.6 is 0 Å². The smallest absolute Gasteiger partial charge is 0.144 e. The highest BCUT2D eigenvalue weighted by Crippen LogP contribution is 2.27. The summed E-state index contributed by atoms with van der Waals surface area (Å²) in [5.74, 6) is 1.22. The molecule has 0 aromatic rings. The Morgan fingerprint density at radius 1 is 1.57 bits per heavy atom. The summed E-state index contributed by atoms with van der Waals surface area (Å²) in [7, 11) is 0. The van der Waals surface area contributed by atoms with E-state index in [9.17, 15) is 0 Å². The van der Waals surface area contributed by atoms with E-state index in [2.05, 4.69) is 10.5 Å². The SMILES string of the molecule is CC(C)(CCNCC1CC1)C(N)=NO. The van der Waals surface area contributed by atoms with Gasteiger partial charge in [-0.15, -0.1) is 0 Å². The molecule has 0 unspecified atom stereocenters. The lowest BCUT2D eigenvalue weighted by Crippen LogP contribution is -2.35. The minimum atomic E-state index is -0.217. The second-order valence-corrected chi connectivity index (χ2v) is 4.77. The zero-order valence-corrected chi connectivity index (χ0v) is 9.08. The van der Waals surface area contributed by atoms with Gasteiger partial charge in [-0.2, -0.15) is 0 Å². The van der Waals surface area contributed by atoms with Crippen molar-refractivity contribution >= 4 is 5.84 Å². The van der Waals surface area contributed by atoms with Gasteiger partial charge in [0.1, 0.15) is 5.84 Å². The number of hydrogen-bond acceptors (Lipinski definition) is 3. The highest BCUT2D eigenvalue weighted by atomic mass is 16.4. The topological polar surface area (TPSA) is 70.6 Å². The molecule has 1 aliphatic rings. The number of nitrogens with one attached hydrogen (secondary N) is 1. The number of nitrogens with zero attached hydrogens (tertiary/aromatic N) is 1. The van der Waals surface area contributed by atoms with Crippen molar-refractivity contribution in [3.05, 3.63) is 0 Å². The van der Waals surface area contributed by atoms with Crippen molar-refractivity contribution in [2.45, 2.75) is 33.1 Å². The van der Waals surface area contributed by atoms with Gasteiger partial charge in [-0.3, -0.25) is 0 Å². The molecule has 0 aromatic carbocycles. The molecule has 1 saturated carbocycles. The minimum Gasteiger partial charge on any atom is -0.409 e. The van der Waals surface area contributed by atoms with Gasteiger partial charge in [-0.05, 0) is 38.3 Å². The van der Waals surface area contributed by atoms with E-state index in [1.54, 1.807) is 0 Å². The van der Waals surface area contributed by atoms with Crippen molar-refractivity contribution in [3.63, 3.8) is 0 Å². The quantitative estimate of drug-likeness (QED) is 0.197. The summed E-state index contributed by atoms with van der Waals surface area (Å²) in [5.41, 5.74) is 5.36. The first-order valence-electron chi connectivity index (χ1n) is 5.25. The molecule has 1 aliphatic carbocycles. The molecular weight excluding hydrogens is 178 g/mol. The van der Waals surface area contributed by atoms with Crippen molar-refractivity contribution in [2.75, 3.05) is 13.1 Å². The van der Waals surface area contributed by atoms with Crippen LogP contribution in [0.1, 0.15) is 33.1 Å². The number of rotatable bonds is 6. The Balaban J connectivity index is 2.14. The van der Waals surface area contributed by atoms with Gasteiger partial charge in [0.2, 0.25) is 0 Å². The second kappa shape index (κ2) is 4.64. The van der Waals surface area contributed by atoms with E-state index in [-0.39, 0.29) is 5.41 Å². The Kier molecular flexibility index (Phi) is 3.75. The molecular formula is C10H21N3O. The van der Waals surface area contributed by atoms with E-state index in [1.807, 2.05) is 13.8 Å². The summed E-state index contributed by atoms with van der Waals surface area (Å²) in [4.78, 5) is 0. The fourth-order valence-electron chi connectivity index (χ4n) is 1.29. The van der Waals surface area contributed by atoms with Crippen LogP contribution < -0.4 is 11.1 Å². The first-order valence-corrected chi connectivity index (χ1v) is 5.25. The summed E-state index contributed by atoms with van der Waals surface area (Å²) >= 11 is 0. The van der Waals surface area contributed by atoms with E-state index in [4.69, 9.17) is 10.9 Å².